The minimum Gasteiger partial charge on any atom is -0.376 e. The number of ether oxygens (including phenoxy) is 1. The fourth-order valence-corrected chi connectivity index (χ4v) is 5.25. The van der Waals surface area contributed by atoms with Gasteiger partial charge >= 0.3 is 0 Å². The number of para-hydroxylation sites is 1. The lowest BCUT2D eigenvalue weighted by atomic mass is 10.1. The molecule has 32 heavy (non-hydrogen) atoms. The fourth-order valence-electron chi connectivity index (χ4n) is 4.30. The third-order valence-electron chi connectivity index (χ3n) is 5.89. The molecule has 2 aliphatic rings. The van der Waals surface area contributed by atoms with Gasteiger partial charge in [0.05, 0.1) is 16.5 Å². The largest absolute Gasteiger partial charge is 0.376 e. The molecule has 0 aliphatic carbocycles. The molecule has 2 saturated heterocycles. The van der Waals surface area contributed by atoms with Crippen LogP contribution >= 0.6 is 11.8 Å². The number of amides is 3. The van der Waals surface area contributed by atoms with Gasteiger partial charge in [0.2, 0.25) is 5.91 Å². The zero-order valence-electron chi connectivity index (χ0n) is 18.7. The summed E-state index contributed by atoms with van der Waals surface area (Å²) in [4.78, 5) is 39.4. The number of hydrogen-bond donors (Lipinski definition) is 1. The number of carbonyl (C=O) groups is 3. The van der Waals surface area contributed by atoms with Crippen molar-refractivity contribution in [2.75, 3.05) is 13.2 Å². The predicted molar refractivity (Wildman–Crippen MR) is 126 cm³/mol. The zero-order chi connectivity index (χ0) is 22.8. The fraction of sp³-hybridized carbons (Fsp3) is 0.458. The molecular weight excluding hydrogens is 426 g/mol. The highest BCUT2D eigenvalue weighted by Gasteiger charge is 2.36. The summed E-state index contributed by atoms with van der Waals surface area (Å²) < 4.78 is 7.53. The van der Waals surface area contributed by atoms with Crippen LogP contribution in [0.15, 0.2) is 29.3 Å². The van der Waals surface area contributed by atoms with E-state index < -0.39 is 0 Å². The number of thioether (sulfide) groups is 1. The number of fused-ring (bicyclic) bond motifs is 1. The average Bonchev–Trinajstić information content (AvgIpc) is 3.46. The summed E-state index contributed by atoms with van der Waals surface area (Å²) in [6.45, 7) is 7.20. The van der Waals surface area contributed by atoms with Crippen molar-refractivity contribution in [1.29, 1.82) is 0 Å². The van der Waals surface area contributed by atoms with E-state index >= 15 is 0 Å². The topological polar surface area (TPSA) is 80.6 Å². The Hall–Kier alpha value is -2.58. The molecule has 0 bridgehead atoms. The van der Waals surface area contributed by atoms with Gasteiger partial charge in [0.15, 0.2) is 0 Å². The summed E-state index contributed by atoms with van der Waals surface area (Å²) in [5.74, 6) is -0.341. The molecule has 1 aromatic heterocycles. The van der Waals surface area contributed by atoms with E-state index in [1.807, 2.05) is 36.7 Å². The molecular formula is C24H29N3O4S. The van der Waals surface area contributed by atoms with Crippen molar-refractivity contribution in [3.63, 3.8) is 0 Å². The van der Waals surface area contributed by atoms with Gasteiger partial charge in [-0.1, -0.05) is 25.1 Å². The number of benzene rings is 1. The first-order valence-corrected chi connectivity index (χ1v) is 12.0. The van der Waals surface area contributed by atoms with Crippen LogP contribution in [-0.2, 0) is 27.3 Å². The number of carbonyl (C=O) groups excluding carboxylic acids is 3. The van der Waals surface area contributed by atoms with Gasteiger partial charge in [-0.15, -0.1) is 0 Å². The van der Waals surface area contributed by atoms with Crippen LogP contribution in [0.2, 0.25) is 0 Å². The highest BCUT2D eigenvalue weighted by Crippen LogP contribution is 2.35. The number of hydrogen-bond acceptors (Lipinski definition) is 5. The summed E-state index contributed by atoms with van der Waals surface area (Å²) in [7, 11) is 0. The lowest BCUT2D eigenvalue weighted by Crippen LogP contribution is -2.34. The van der Waals surface area contributed by atoms with E-state index in [9.17, 15) is 14.4 Å². The predicted octanol–water partition coefficient (Wildman–Crippen LogP) is 3.94. The lowest BCUT2D eigenvalue weighted by Gasteiger charge is -2.16. The lowest BCUT2D eigenvalue weighted by molar-refractivity contribution is -0.124. The molecule has 2 aromatic rings. The molecule has 0 saturated carbocycles. The van der Waals surface area contributed by atoms with E-state index in [1.54, 1.807) is 6.08 Å². The zero-order valence-corrected chi connectivity index (χ0v) is 19.5. The van der Waals surface area contributed by atoms with Gasteiger partial charge in [-0.05, 0) is 56.5 Å². The van der Waals surface area contributed by atoms with Crippen LogP contribution < -0.4 is 5.32 Å². The molecule has 170 valence electrons. The molecule has 1 N–H and O–H groups in total. The van der Waals surface area contributed by atoms with Crippen LogP contribution in [0.4, 0.5) is 4.79 Å². The van der Waals surface area contributed by atoms with E-state index in [1.165, 1.54) is 4.90 Å². The second-order valence-corrected chi connectivity index (χ2v) is 9.46. The molecule has 2 fully saturated rings. The van der Waals surface area contributed by atoms with Gasteiger partial charge in [0, 0.05) is 36.3 Å². The highest BCUT2D eigenvalue weighted by molar-refractivity contribution is 8.18. The molecule has 3 heterocycles. The minimum absolute atomic E-state index is 0.0741. The molecule has 2 aliphatic heterocycles. The van der Waals surface area contributed by atoms with Crippen molar-refractivity contribution in [3.8, 4) is 0 Å². The van der Waals surface area contributed by atoms with Crippen LogP contribution in [0.25, 0.3) is 17.0 Å². The maximum Gasteiger partial charge on any atom is 0.293 e. The van der Waals surface area contributed by atoms with E-state index in [2.05, 4.69) is 18.3 Å². The molecule has 1 atom stereocenters. The Bertz CT molecular complexity index is 1080. The summed E-state index contributed by atoms with van der Waals surface area (Å²) in [6, 6.07) is 5.85. The third-order valence-corrected chi connectivity index (χ3v) is 6.77. The number of aryl methyl sites for hydroxylation is 1. The van der Waals surface area contributed by atoms with Gasteiger partial charge in [0.25, 0.3) is 11.1 Å². The Kier molecular flexibility index (Phi) is 6.71. The second kappa shape index (κ2) is 9.50. The smallest absolute Gasteiger partial charge is 0.293 e. The first-order valence-electron chi connectivity index (χ1n) is 11.1. The molecule has 7 nitrogen and oxygen atoms in total. The molecule has 3 amide bonds. The van der Waals surface area contributed by atoms with Crippen molar-refractivity contribution in [3.05, 3.63) is 40.4 Å². The van der Waals surface area contributed by atoms with Crippen LogP contribution in [0, 0.1) is 0 Å². The van der Waals surface area contributed by atoms with E-state index in [0.717, 1.165) is 59.7 Å². The standard InChI is InChI=1S/C24H29N3O4S/c1-4-16-7-5-9-19-17(11-20-23(29)27(15(2)3)24(30)32-20)13-26(22(16)19)14-21(28)25-12-18-8-6-10-31-18/h5,7,9,11,13,15,18H,4,6,8,10,12,14H2,1-3H3,(H,25,28)/b20-11-/t18-/m0/s1. The van der Waals surface area contributed by atoms with Gasteiger partial charge in [-0.3, -0.25) is 19.3 Å². The van der Waals surface area contributed by atoms with Gasteiger partial charge < -0.3 is 14.6 Å². The number of aromatic nitrogens is 1. The number of rotatable bonds is 7. The summed E-state index contributed by atoms with van der Waals surface area (Å²) >= 11 is 0.965. The van der Waals surface area contributed by atoms with Crippen LogP contribution in [0.1, 0.15) is 44.7 Å². The monoisotopic (exact) mass is 455 g/mol. The van der Waals surface area contributed by atoms with Crippen LogP contribution in [0.5, 0.6) is 0 Å². The number of imide groups is 1. The first kappa shape index (κ1) is 22.6. The van der Waals surface area contributed by atoms with Gasteiger partial charge in [-0.2, -0.15) is 0 Å². The molecule has 1 aromatic carbocycles. The van der Waals surface area contributed by atoms with Gasteiger partial charge in [0.1, 0.15) is 6.54 Å². The second-order valence-electron chi connectivity index (χ2n) is 8.46. The molecule has 0 radical (unpaired) electrons. The Labute approximate surface area is 192 Å². The van der Waals surface area contributed by atoms with Crippen molar-refractivity contribution < 1.29 is 19.1 Å². The number of nitrogens with zero attached hydrogens (tertiary/aromatic N) is 2. The van der Waals surface area contributed by atoms with E-state index in [0.29, 0.717) is 11.4 Å². The van der Waals surface area contributed by atoms with Crippen molar-refractivity contribution in [2.45, 2.75) is 58.7 Å². The molecule has 0 spiro atoms. The highest BCUT2D eigenvalue weighted by atomic mass is 32.2. The van der Waals surface area contributed by atoms with Crippen molar-refractivity contribution >= 4 is 45.8 Å². The van der Waals surface area contributed by atoms with Crippen LogP contribution in [-0.4, -0.2) is 51.8 Å². The summed E-state index contributed by atoms with van der Waals surface area (Å²) in [5, 5.41) is 3.70. The molecule has 0 unspecified atom stereocenters. The van der Waals surface area contributed by atoms with Crippen LogP contribution in [0.3, 0.4) is 0 Å². The maximum atomic E-state index is 12.7. The Morgan fingerprint density at radius 3 is 2.81 bits per heavy atom. The van der Waals surface area contributed by atoms with E-state index in [-0.39, 0.29) is 35.7 Å². The number of nitrogens with one attached hydrogen (secondary N) is 1. The van der Waals surface area contributed by atoms with Crippen molar-refractivity contribution in [1.82, 2.24) is 14.8 Å². The Morgan fingerprint density at radius 2 is 2.16 bits per heavy atom. The first-order chi connectivity index (χ1) is 15.4. The quantitative estimate of drug-likeness (QED) is 0.640. The summed E-state index contributed by atoms with van der Waals surface area (Å²) in [6.07, 6.45) is 6.60. The Balaban J connectivity index is 1.63. The normalized spacial score (nSPS) is 20.3. The molecule has 4 rings (SSSR count). The Morgan fingerprint density at radius 1 is 1.34 bits per heavy atom. The van der Waals surface area contributed by atoms with Crippen molar-refractivity contribution in [2.24, 2.45) is 0 Å². The van der Waals surface area contributed by atoms with E-state index in [4.69, 9.17) is 4.74 Å². The van der Waals surface area contributed by atoms with Gasteiger partial charge in [-0.25, -0.2) is 0 Å². The summed E-state index contributed by atoms with van der Waals surface area (Å²) in [5.41, 5.74) is 2.94. The minimum atomic E-state index is -0.267. The average molecular weight is 456 g/mol. The SMILES string of the molecule is CCc1cccc2c(/C=C3\SC(=O)N(C(C)C)C3=O)cn(CC(=O)NC[C@@H]3CCCO3)c12. The molecule has 8 heteroatoms. The maximum absolute atomic E-state index is 12.7. The third kappa shape index (κ3) is 4.47.